The Kier molecular flexibility index (Phi) is 5.98. The first-order valence-electron chi connectivity index (χ1n) is 6.14. The van der Waals surface area contributed by atoms with E-state index in [2.05, 4.69) is 9.99 Å². The van der Waals surface area contributed by atoms with E-state index in [1.54, 1.807) is 13.0 Å². The minimum Gasteiger partial charge on any atom is -0.475 e. The first-order valence-corrected chi connectivity index (χ1v) is 6.14. The first kappa shape index (κ1) is 15.4. The van der Waals surface area contributed by atoms with Gasteiger partial charge in [0, 0.05) is 6.92 Å². The average Bonchev–Trinajstić information content (AvgIpc) is 2.43. The molecule has 20 heavy (non-hydrogen) atoms. The maximum atomic E-state index is 10.8. The van der Waals surface area contributed by atoms with Crippen molar-refractivity contribution in [2.24, 2.45) is 5.16 Å². The lowest BCUT2D eigenvalue weighted by Gasteiger charge is -2.05. The molecule has 0 spiro atoms. The Morgan fingerprint density at radius 1 is 1.40 bits per heavy atom. The van der Waals surface area contributed by atoms with E-state index in [0.29, 0.717) is 6.61 Å². The molecule has 0 bridgehead atoms. The lowest BCUT2D eigenvalue weighted by atomic mass is 10.1. The topological polar surface area (TPSA) is 71.7 Å². The number of hydrogen-bond acceptors (Lipinski definition) is 5. The Hall–Kier alpha value is -2.61. The molecule has 0 fully saturated rings. The predicted octanol–water partition coefficient (Wildman–Crippen LogP) is 2.82. The van der Waals surface area contributed by atoms with E-state index in [1.165, 1.54) is 6.92 Å². The molecule has 5 heteroatoms. The zero-order chi connectivity index (χ0) is 15.0. The van der Waals surface area contributed by atoms with Crippen LogP contribution < -0.4 is 0 Å². The molecule has 0 aliphatic carbocycles. The van der Waals surface area contributed by atoms with Crippen LogP contribution in [0.15, 0.2) is 35.0 Å². The molecule has 104 valence electrons. The summed E-state index contributed by atoms with van der Waals surface area (Å²) in [5.41, 5.74) is 2.15. The maximum Gasteiger partial charge on any atom is 0.332 e. The fourth-order valence-electron chi connectivity index (χ4n) is 1.37. The molecule has 0 heterocycles. The molecule has 0 aliphatic heterocycles. The Labute approximate surface area is 118 Å². The van der Waals surface area contributed by atoms with Gasteiger partial charge < -0.3 is 9.57 Å². The summed E-state index contributed by atoms with van der Waals surface area (Å²) in [5.74, 6) is -0.583. The summed E-state index contributed by atoms with van der Waals surface area (Å²) < 4.78 is 5.22. The van der Waals surface area contributed by atoms with Crippen LogP contribution in [0.25, 0.3) is 6.08 Å². The Morgan fingerprint density at radius 2 is 2.05 bits per heavy atom. The van der Waals surface area contributed by atoms with Crippen molar-refractivity contribution in [2.45, 2.75) is 20.8 Å². The second-order valence-electron chi connectivity index (χ2n) is 3.99. The van der Waals surface area contributed by atoms with Crippen molar-refractivity contribution < 1.29 is 14.4 Å². The summed E-state index contributed by atoms with van der Waals surface area (Å²) in [5, 5.41) is 12.7. The van der Waals surface area contributed by atoms with Crippen LogP contribution >= 0.6 is 0 Å². The van der Waals surface area contributed by atoms with Crippen LogP contribution in [0.4, 0.5) is 0 Å². The van der Waals surface area contributed by atoms with Crippen molar-refractivity contribution in [1.29, 1.82) is 5.26 Å². The summed E-state index contributed by atoms with van der Waals surface area (Å²) in [6.45, 7) is 5.27. The van der Waals surface area contributed by atoms with Gasteiger partial charge in [-0.15, -0.1) is 0 Å². The lowest BCUT2D eigenvalue weighted by molar-refractivity contribution is -0.141. The van der Waals surface area contributed by atoms with E-state index in [0.717, 1.165) is 11.1 Å². The van der Waals surface area contributed by atoms with Crippen LogP contribution in [0, 0.1) is 18.3 Å². The fourth-order valence-corrected chi connectivity index (χ4v) is 1.37. The quantitative estimate of drug-likeness (QED) is 0.278. The van der Waals surface area contributed by atoms with E-state index in [1.807, 2.05) is 37.3 Å². The van der Waals surface area contributed by atoms with Crippen LogP contribution in [0.1, 0.15) is 25.0 Å². The number of rotatable bonds is 4. The molecule has 5 nitrogen and oxygen atoms in total. The number of hydrogen-bond donors (Lipinski definition) is 0. The van der Waals surface area contributed by atoms with Crippen LogP contribution in [-0.2, 0) is 14.4 Å². The van der Waals surface area contributed by atoms with Gasteiger partial charge in [-0.2, -0.15) is 5.26 Å². The fraction of sp³-hybridized carbons (Fsp3) is 0.267. The van der Waals surface area contributed by atoms with Crippen molar-refractivity contribution in [3.8, 4) is 6.07 Å². The first-order chi connectivity index (χ1) is 9.56. The summed E-state index contributed by atoms with van der Waals surface area (Å²) in [6.07, 6.45) is 1.62. The highest BCUT2D eigenvalue weighted by molar-refractivity contribution is 6.01. The van der Waals surface area contributed by atoms with Crippen molar-refractivity contribution in [1.82, 2.24) is 0 Å². The number of aryl methyl sites for hydroxylation is 1. The number of benzene rings is 1. The molecule has 0 N–H and O–H groups in total. The largest absolute Gasteiger partial charge is 0.475 e. The van der Waals surface area contributed by atoms with E-state index in [4.69, 9.17) is 4.74 Å². The highest BCUT2D eigenvalue weighted by Gasteiger charge is 2.10. The number of oxime groups is 1. The maximum absolute atomic E-state index is 10.8. The number of carbonyl (C=O) groups excluding carboxylic acids is 1. The molecule has 0 amide bonds. The number of nitriles is 1. The molecule has 0 saturated carbocycles. The highest BCUT2D eigenvalue weighted by atomic mass is 16.7. The molecule has 0 aliphatic rings. The van der Waals surface area contributed by atoms with Crippen molar-refractivity contribution in [3.63, 3.8) is 0 Å². The van der Waals surface area contributed by atoms with Crippen LogP contribution in [0.3, 0.4) is 0 Å². The van der Waals surface area contributed by atoms with Gasteiger partial charge in [-0.25, -0.2) is 4.79 Å². The van der Waals surface area contributed by atoms with Gasteiger partial charge in [0.1, 0.15) is 11.6 Å². The van der Waals surface area contributed by atoms with Crippen LogP contribution in [0.5, 0.6) is 0 Å². The summed E-state index contributed by atoms with van der Waals surface area (Å²) >= 11 is 0. The molecule has 0 radical (unpaired) electrons. The van der Waals surface area contributed by atoms with Crippen molar-refractivity contribution >= 4 is 17.9 Å². The zero-order valence-electron chi connectivity index (χ0n) is 11.7. The van der Waals surface area contributed by atoms with Crippen LogP contribution in [-0.4, -0.2) is 18.5 Å². The molecule has 1 rings (SSSR count). The smallest absolute Gasteiger partial charge is 0.332 e. The highest BCUT2D eigenvalue weighted by Crippen LogP contribution is 2.10. The minimum absolute atomic E-state index is 0.00854. The molecular formula is C15H16N2O3. The second-order valence-corrected chi connectivity index (χ2v) is 3.99. The van der Waals surface area contributed by atoms with E-state index in [-0.39, 0.29) is 11.5 Å². The molecular weight excluding hydrogens is 256 g/mol. The summed E-state index contributed by atoms with van der Waals surface area (Å²) in [6, 6.07) is 9.61. The van der Waals surface area contributed by atoms with Gasteiger partial charge >= 0.3 is 5.97 Å². The molecule has 1 aromatic carbocycles. The van der Waals surface area contributed by atoms with Crippen LogP contribution in [0.2, 0.25) is 0 Å². The third kappa shape index (κ3) is 4.94. The third-order valence-electron chi connectivity index (χ3n) is 2.28. The summed E-state index contributed by atoms with van der Waals surface area (Å²) in [7, 11) is 0. The Bertz CT molecular complexity index is 566. The van der Waals surface area contributed by atoms with Gasteiger partial charge in [0.05, 0.1) is 6.61 Å². The SMILES string of the molecule is CCOC(=NOC(C)=O)C(C#N)=Cc1ccc(C)cc1. The molecule has 0 saturated heterocycles. The number of ether oxygens (including phenoxy) is 1. The number of carbonyl (C=O) groups is 1. The van der Waals surface area contributed by atoms with E-state index < -0.39 is 5.97 Å². The molecule has 1 aromatic rings. The monoisotopic (exact) mass is 272 g/mol. The molecule has 0 atom stereocenters. The van der Waals surface area contributed by atoms with Gasteiger partial charge in [0.2, 0.25) is 0 Å². The van der Waals surface area contributed by atoms with Gasteiger partial charge in [-0.05, 0) is 30.6 Å². The van der Waals surface area contributed by atoms with Crippen molar-refractivity contribution in [3.05, 3.63) is 41.0 Å². The molecule has 0 aromatic heterocycles. The average molecular weight is 272 g/mol. The normalized spacial score (nSPS) is 11.7. The minimum atomic E-state index is -0.574. The van der Waals surface area contributed by atoms with E-state index >= 15 is 0 Å². The standard InChI is InChI=1S/C15H16N2O3/c1-4-19-15(17-20-12(3)18)14(10-16)9-13-7-5-11(2)6-8-13/h5-9H,4H2,1-3H3. The second kappa shape index (κ2) is 7.74. The van der Waals surface area contributed by atoms with Crippen molar-refractivity contribution in [2.75, 3.05) is 6.61 Å². The van der Waals surface area contributed by atoms with Gasteiger partial charge in [-0.3, -0.25) is 0 Å². The predicted molar refractivity (Wildman–Crippen MR) is 75.6 cm³/mol. The third-order valence-corrected chi connectivity index (χ3v) is 2.28. The van der Waals surface area contributed by atoms with Gasteiger partial charge in [0.25, 0.3) is 5.90 Å². The van der Waals surface area contributed by atoms with Gasteiger partial charge in [0.15, 0.2) is 0 Å². The molecule has 0 unspecified atom stereocenters. The zero-order valence-corrected chi connectivity index (χ0v) is 11.7. The van der Waals surface area contributed by atoms with E-state index in [9.17, 15) is 10.1 Å². The summed E-state index contributed by atoms with van der Waals surface area (Å²) in [4.78, 5) is 15.3. The lowest BCUT2D eigenvalue weighted by Crippen LogP contribution is -2.09. The Balaban J connectivity index is 3.07. The van der Waals surface area contributed by atoms with Gasteiger partial charge in [-0.1, -0.05) is 29.8 Å². The Morgan fingerprint density at radius 3 is 2.55 bits per heavy atom. The number of nitrogens with zero attached hydrogens (tertiary/aromatic N) is 2.